The second kappa shape index (κ2) is 8.01. The molecule has 96 valence electrons. The van der Waals surface area contributed by atoms with Crippen molar-refractivity contribution in [3.63, 3.8) is 0 Å². The van der Waals surface area contributed by atoms with Crippen molar-refractivity contribution in [2.45, 2.75) is 25.8 Å². The molecular formula is C12H27N3O. The van der Waals surface area contributed by atoms with Crippen LogP contribution in [0.4, 0.5) is 0 Å². The van der Waals surface area contributed by atoms with Gasteiger partial charge in [0.05, 0.1) is 6.61 Å². The van der Waals surface area contributed by atoms with Crippen molar-refractivity contribution in [3.8, 4) is 0 Å². The van der Waals surface area contributed by atoms with E-state index in [1.54, 1.807) is 0 Å². The van der Waals surface area contributed by atoms with Crippen LogP contribution in [0.15, 0.2) is 0 Å². The smallest absolute Gasteiger partial charge is 0.0597 e. The lowest BCUT2D eigenvalue weighted by Crippen LogP contribution is -2.44. The molecule has 1 rings (SSSR count). The zero-order valence-electron chi connectivity index (χ0n) is 10.8. The van der Waals surface area contributed by atoms with Crippen LogP contribution >= 0.6 is 0 Å². The maximum atomic E-state index is 9.31. The van der Waals surface area contributed by atoms with Crippen molar-refractivity contribution in [1.82, 2.24) is 15.1 Å². The molecule has 1 atom stereocenters. The summed E-state index contributed by atoms with van der Waals surface area (Å²) < 4.78 is 0. The third kappa shape index (κ3) is 5.25. The Morgan fingerprint density at radius 3 is 2.75 bits per heavy atom. The minimum absolute atomic E-state index is 0.239. The molecule has 0 bridgehead atoms. The van der Waals surface area contributed by atoms with E-state index in [1.165, 1.54) is 13.0 Å². The Balaban J connectivity index is 2.27. The third-order valence-corrected chi connectivity index (χ3v) is 3.19. The van der Waals surface area contributed by atoms with E-state index in [-0.39, 0.29) is 12.6 Å². The minimum atomic E-state index is 0.239. The zero-order chi connectivity index (χ0) is 11.8. The monoisotopic (exact) mass is 229 g/mol. The molecule has 0 saturated carbocycles. The van der Waals surface area contributed by atoms with Crippen LogP contribution < -0.4 is 5.32 Å². The van der Waals surface area contributed by atoms with Crippen molar-refractivity contribution in [2.24, 2.45) is 0 Å². The van der Waals surface area contributed by atoms with E-state index in [2.05, 4.69) is 29.1 Å². The summed E-state index contributed by atoms with van der Waals surface area (Å²) in [5.41, 5.74) is 0. The second-order valence-electron chi connectivity index (χ2n) is 4.79. The predicted octanol–water partition coefficient (Wildman–Crippen LogP) is -0.0156. The Kier molecular flexibility index (Phi) is 6.96. The van der Waals surface area contributed by atoms with Gasteiger partial charge in [0.25, 0.3) is 0 Å². The first-order valence-corrected chi connectivity index (χ1v) is 6.51. The number of hydrogen-bond acceptors (Lipinski definition) is 4. The highest BCUT2D eigenvalue weighted by atomic mass is 16.3. The molecule has 0 aromatic rings. The molecule has 0 aromatic heterocycles. The van der Waals surface area contributed by atoms with Crippen molar-refractivity contribution < 1.29 is 5.11 Å². The number of nitrogens with zero attached hydrogens (tertiary/aromatic N) is 2. The van der Waals surface area contributed by atoms with Crippen LogP contribution in [0, 0.1) is 0 Å². The molecule has 0 aliphatic carbocycles. The highest BCUT2D eigenvalue weighted by Crippen LogP contribution is 2.02. The standard InChI is InChI=1S/C12H27N3O/c1-3-5-13-12(11-16)10-15-7-4-6-14(2)8-9-15/h12-13,16H,3-11H2,1-2H3. The first-order valence-electron chi connectivity index (χ1n) is 6.51. The van der Waals surface area contributed by atoms with Gasteiger partial charge in [0.1, 0.15) is 0 Å². The summed E-state index contributed by atoms with van der Waals surface area (Å²) in [6, 6.07) is 0.239. The first kappa shape index (κ1) is 13.9. The molecule has 1 heterocycles. The molecule has 1 unspecified atom stereocenters. The summed E-state index contributed by atoms with van der Waals surface area (Å²) in [4.78, 5) is 4.85. The maximum Gasteiger partial charge on any atom is 0.0597 e. The molecule has 2 N–H and O–H groups in total. The topological polar surface area (TPSA) is 38.7 Å². The minimum Gasteiger partial charge on any atom is -0.395 e. The fourth-order valence-electron chi connectivity index (χ4n) is 2.13. The molecule has 1 saturated heterocycles. The molecule has 1 aliphatic heterocycles. The quantitative estimate of drug-likeness (QED) is 0.672. The maximum absolute atomic E-state index is 9.31. The van der Waals surface area contributed by atoms with Gasteiger partial charge in [-0.25, -0.2) is 0 Å². The summed E-state index contributed by atoms with van der Waals surface area (Å²) in [6.07, 6.45) is 2.36. The van der Waals surface area contributed by atoms with Crippen molar-refractivity contribution >= 4 is 0 Å². The van der Waals surface area contributed by atoms with E-state index in [0.29, 0.717) is 0 Å². The van der Waals surface area contributed by atoms with Crippen LogP contribution in [-0.2, 0) is 0 Å². The highest BCUT2D eigenvalue weighted by Gasteiger charge is 2.15. The van der Waals surface area contributed by atoms with Gasteiger partial charge in [-0.2, -0.15) is 0 Å². The number of hydrogen-bond donors (Lipinski definition) is 2. The van der Waals surface area contributed by atoms with Crippen LogP contribution in [0.3, 0.4) is 0 Å². The average molecular weight is 229 g/mol. The molecule has 1 fully saturated rings. The molecular weight excluding hydrogens is 202 g/mol. The summed E-state index contributed by atoms with van der Waals surface area (Å²) in [5.74, 6) is 0. The molecule has 16 heavy (non-hydrogen) atoms. The lowest BCUT2D eigenvalue weighted by molar-refractivity contribution is 0.184. The van der Waals surface area contributed by atoms with E-state index < -0.39 is 0 Å². The molecule has 0 aromatic carbocycles. The van der Waals surface area contributed by atoms with Gasteiger partial charge in [0.2, 0.25) is 0 Å². The lowest BCUT2D eigenvalue weighted by Gasteiger charge is -2.25. The summed E-state index contributed by atoms with van der Waals surface area (Å²) >= 11 is 0. The average Bonchev–Trinajstić information content (AvgIpc) is 2.49. The highest BCUT2D eigenvalue weighted by molar-refractivity contribution is 4.74. The fourth-order valence-corrected chi connectivity index (χ4v) is 2.13. The molecule has 0 amide bonds. The summed E-state index contributed by atoms with van der Waals surface area (Å²) in [6.45, 7) is 9.00. The Morgan fingerprint density at radius 2 is 2.06 bits per heavy atom. The van der Waals surface area contributed by atoms with Gasteiger partial charge >= 0.3 is 0 Å². The van der Waals surface area contributed by atoms with Crippen LogP contribution in [0.25, 0.3) is 0 Å². The normalized spacial score (nSPS) is 21.9. The van der Waals surface area contributed by atoms with Crippen LogP contribution in [0.5, 0.6) is 0 Å². The molecule has 4 nitrogen and oxygen atoms in total. The van der Waals surface area contributed by atoms with E-state index in [1.807, 2.05) is 0 Å². The fraction of sp³-hybridized carbons (Fsp3) is 1.00. The Labute approximate surface area is 99.6 Å². The lowest BCUT2D eigenvalue weighted by atomic mass is 10.2. The van der Waals surface area contributed by atoms with Gasteiger partial charge in [-0.1, -0.05) is 6.92 Å². The van der Waals surface area contributed by atoms with Gasteiger partial charge in [0, 0.05) is 25.7 Å². The van der Waals surface area contributed by atoms with E-state index in [4.69, 9.17) is 0 Å². The number of likely N-dealkylation sites (N-methyl/N-ethyl adjacent to an activating group) is 1. The van der Waals surface area contributed by atoms with Gasteiger partial charge < -0.3 is 20.2 Å². The Hall–Kier alpha value is -0.160. The van der Waals surface area contributed by atoms with Gasteiger partial charge in [0.15, 0.2) is 0 Å². The number of rotatable bonds is 6. The molecule has 1 aliphatic rings. The molecule has 4 heteroatoms. The largest absolute Gasteiger partial charge is 0.395 e. The first-order chi connectivity index (χ1) is 7.76. The SMILES string of the molecule is CCCNC(CO)CN1CCCN(C)CC1. The van der Waals surface area contributed by atoms with E-state index >= 15 is 0 Å². The van der Waals surface area contributed by atoms with Crippen LogP contribution in [0.1, 0.15) is 19.8 Å². The van der Waals surface area contributed by atoms with Gasteiger partial charge in [-0.15, -0.1) is 0 Å². The van der Waals surface area contributed by atoms with Gasteiger partial charge in [-0.3, -0.25) is 0 Å². The molecule has 0 radical (unpaired) electrons. The van der Waals surface area contributed by atoms with Crippen molar-refractivity contribution in [2.75, 3.05) is 52.9 Å². The van der Waals surface area contributed by atoms with Crippen molar-refractivity contribution in [3.05, 3.63) is 0 Å². The zero-order valence-corrected chi connectivity index (χ0v) is 10.8. The third-order valence-electron chi connectivity index (χ3n) is 3.19. The Morgan fingerprint density at radius 1 is 1.25 bits per heavy atom. The number of aliphatic hydroxyl groups is 1. The summed E-state index contributed by atoms with van der Waals surface area (Å²) in [7, 11) is 2.18. The van der Waals surface area contributed by atoms with E-state index in [0.717, 1.165) is 39.1 Å². The Bertz CT molecular complexity index is 178. The van der Waals surface area contributed by atoms with Crippen LogP contribution in [0.2, 0.25) is 0 Å². The summed E-state index contributed by atoms with van der Waals surface area (Å²) in [5, 5.41) is 12.7. The van der Waals surface area contributed by atoms with Crippen molar-refractivity contribution in [1.29, 1.82) is 0 Å². The number of nitrogens with one attached hydrogen (secondary N) is 1. The predicted molar refractivity (Wildman–Crippen MR) is 67.7 cm³/mol. The number of aliphatic hydroxyl groups excluding tert-OH is 1. The van der Waals surface area contributed by atoms with E-state index in [9.17, 15) is 5.11 Å². The second-order valence-corrected chi connectivity index (χ2v) is 4.79. The van der Waals surface area contributed by atoms with Gasteiger partial charge in [-0.05, 0) is 39.5 Å². The van der Waals surface area contributed by atoms with Crippen LogP contribution in [-0.4, -0.2) is 73.9 Å². The molecule has 0 spiro atoms.